The molecule has 1 aromatic carbocycles. The van der Waals surface area contributed by atoms with Gasteiger partial charge in [0.05, 0.1) is 25.5 Å². The maximum atomic E-state index is 11.9. The number of hydrogen-bond acceptors (Lipinski definition) is 3. The molecule has 0 N–H and O–H groups in total. The third kappa shape index (κ3) is 4.25. The van der Waals surface area contributed by atoms with Crippen LogP contribution in [0.25, 0.3) is 0 Å². The minimum absolute atomic E-state index is 0.0201. The summed E-state index contributed by atoms with van der Waals surface area (Å²) in [4.78, 5) is 13.6. The number of hydrogen-bond donors (Lipinski definition) is 0. The predicted molar refractivity (Wildman–Crippen MR) is 65.5 cm³/mol. The van der Waals surface area contributed by atoms with Gasteiger partial charge < -0.3 is 9.64 Å². The first-order chi connectivity index (χ1) is 8.29. The van der Waals surface area contributed by atoms with Crippen LogP contribution in [0.1, 0.15) is 12.8 Å². The zero-order chi connectivity index (χ0) is 12.5. The van der Waals surface area contributed by atoms with Crippen molar-refractivity contribution in [3.8, 4) is 6.07 Å². The van der Waals surface area contributed by atoms with Crippen LogP contribution in [0.15, 0.2) is 30.3 Å². The van der Waals surface area contributed by atoms with Gasteiger partial charge in [-0.05, 0) is 12.1 Å². The summed E-state index contributed by atoms with van der Waals surface area (Å²) < 4.78 is 4.89. The molecule has 0 saturated heterocycles. The van der Waals surface area contributed by atoms with Gasteiger partial charge in [-0.2, -0.15) is 5.26 Å². The van der Waals surface area contributed by atoms with E-state index in [1.165, 1.54) is 0 Å². The maximum absolute atomic E-state index is 11.9. The summed E-state index contributed by atoms with van der Waals surface area (Å²) in [5.74, 6) is -0.0201. The molecule has 1 aromatic rings. The van der Waals surface area contributed by atoms with Crippen molar-refractivity contribution in [2.75, 3.05) is 25.2 Å². The molecule has 0 aliphatic heterocycles. The van der Waals surface area contributed by atoms with E-state index in [9.17, 15) is 4.79 Å². The quantitative estimate of drug-likeness (QED) is 0.753. The molecular weight excluding hydrogens is 216 g/mol. The lowest BCUT2D eigenvalue weighted by molar-refractivity contribution is -0.119. The first kappa shape index (κ1) is 13.2. The highest BCUT2D eigenvalue weighted by Crippen LogP contribution is 2.14. The summed E-state index contributed by atoms with van der Waals surface area (Å²) >= 11 is 0. The van der Waals surface area contributed by atoms with Crippen molar-refractivity contribution in [3.63, 3.8) is 0 Å². The average molecular weight is 232 g/mol. The molecule has 0 aromatic heterocycles. The number of benzene rings is 1. The van der Waals surface area contributed by atoms with Gasteiger partial charge in [-0.15, -0.1) is 0 Å². The van der Waals surface area contributed by atoms with E-state index in [0.717, 1.165) is 5.69 Å². The minimum atomic E-state index is -0.0201. The van der Waals surface area contributed by atoms with Crippen molar-refractivity contribution in [2.45, 2.75) is 12.8 Å². The Morgan fingerprint density at radius 2 is 2.12 bits per heavy atom. The Kier molecular flexibility index (Phi) is 5.76. The van der Waals surface area contributed by atoms with Crippen molar-refractivity contribution in [3.05, 3.63) is 30.3 Å². The molecule has 0 aliphatic carbocycles. The summed E-state index contributed by atoms with van der Waals surface area (Å²) in [6, 6.07) is 11.4. The molecule has 0 unspecified atom stereocenters. The van der Waals surface area contributed by atoms with Crippen LogP contribution >= 0.6 is 0 Å². The molecule has 1 rings (SSSR count). The lowest BCUT2D eigenvalue weighted by Crippen LogP contribution is -2.32. The third-order valence-electron chi connectivity index (χ3n) is 2.34. The summed E-state index contributed by atoms with van der Waals surface area (Å²) in [6.45, 7) is 0.817. The Morgan fingerprint density at radius 3 is 2.71 bits per heavy atom. The molecule has 4 heteroatoms. The van der Waals surface area contributed by atoms with Gasteiger partial charge in [-0.25, -0.2) is 0 Å². The highest BCUT2D eigenvalue weighted by Gasteiger charge is 2.14. The average Bonchev–Trinajstić information content (AvgIpc) is 2.38. The van der Waals surface area contributed by atoms with Gasteiger partial charge in [0.2, 0.25) is 5.91 Å². The number of methoxy groups -OCH3 is 1. The van der Waals surface area contributed by atoms with Crippen LogP contribution in [0, 0.1) is 11.3 Å². The van der Waals surface area contributed by atoms with Crippen LogP contribution in [0.3, 0.4) is 0 Å². The molecule has 0 aliphatic rings. The number of amides is 1. The lowest BCUT2D eigenvalue weighted by atomic mass is 10.2. The van der Waals surface area contributed by atoms with Crippen LogP contribution in [-0.2, 0) is 9.53 Å². The summed E-state index contributed by atoms with van der Waals surface area (Å²) in [7, 11) is 1.56. The van der Waals surface area contributed by atoms with Gasteiger partial charge >= 0.3 is 0 Å². The van der Waals surface area contributed by atoms with Crippen LogP contribution in [-0.4, -0.2) is 26.2 Å². The van der Waals surface area contributed by atoms with Gasteiger partial charge in [0.1, 0.15) is 0 Å². The van der Waals surface area contributed by atoms with E-state index < -0.39 is 0 Å². The van der Waals surface area contributed by atoms with E-state index in [-0.39, 0.29) is 5.91 Å². The van der Waals surface area contributed by atoms with Crippen LogP contribution in [0.5, 0.6) is 0 Å². The van der Waals surface area contributed by atoms with Crippen molar-refractivity contribution < 1.29 is 9.53 Å². The molecule has 0 spiro atoms. The number of para-hydroxylation sites is 1. The second kappa shape index (κ2) is 7.42. The molecule has 4 nitrogen and oxygen atoms in total. The van der Waals surface area contributed by atoms with E-state index in [1.807, 2.05) is 30.3 Å². The summed E-state index contributed by atoms with van der Waals surface area (Å²) in [5, 5.41) is 8.61. The van der Waals surface area contributed by atoms with E-state index in [0.29, 0.717) is 26.0 Å². The fraction of sp³-hybridized carbons (Fsp3) is 0.385. The van der Waals surface area contributed by atoms with E-state index in [2.05, 4.69) is 6.07 Å². The van der Waals surface area contributed by atoms with Crippen LogP contribution < -0.4 is 4.90 Å². The number of nitrogens with zero attached hydrogens (tertiary/aromatic N) is 2. The SMILES string of the molecule is COCCC(=O)N(CCC#N)c1ccccc1. The highest BCUT2D eigenvalue weighted by atomic mass is 16.5. The molecule has 0 saturated carbocycles. The molecule has 1 amide bonds. The Morgan fingerprint density at radius 1 is 1.41 bits per heavy atom. The summed E-state index contributed by atoms with van der Waals surface area (Å²) in [5.41, 5.74) is 0.823. The van der Waals surface area contributed by atoms with Gasteiger partial charge in [-0.3, -0.25) is 4.79 Å². The fourth-order valence-corrected chi connectivity index (χ4v) is 1.49. The number of carbonyl (C=O) groups excluding carboxylic acids is 1. The topological polar surface area (TPSA) is 53.3 Å². The molecule has 0 radical (unpaired) electrons. The van der Waals surface area contributed by atoms with Crippen molar-refractivity contribution in [1.82, 2.24) is 0 Å². The fourth-order valence-electron chi connectivity index (χ4n) is 1.49. The zero-order valence-electron chi connectivity index (χ0n) is 9.93. The van der Waals surface area contributed by atoms with Gasteiger partial charge in [0, 0.05) is 19.3 Å². The van der Waals surface area contributed by atoms with Crippen molar-refractivity contribution in [2.24, 2.45) is 0 Å². The monoisotopic (exact) mass is 232 g/mol. The lowest BCUT2D eigenvalue weighted by Gasteiger charge is -2.21. The zero-order valence-corrected chi connectivity index (χ0v) is 9.93. The number of anilines is 1. The first-order valence-corrected chi connectivity index (χ1v) is 5.51. The smallest absolute Gasteiger partial charge is 0.229 e. The van der Waals surface area contributed by atoms with Gasteiger partial charge in [0.25, 0.3) is 0 Å². The Labute approximate surface area is 101 Å². The van der Waals surface area contributed by atoms with Gasteiger partial charge in [0.15, 0.2) is 0 Å². The van der Waals surface area contributed by atoms with E-state index >= 15 is 0 Å². The molecule has 17 heavy (non-hydrogen) atoms. The Bertz CT molecular complexity index is 384. The second-order valence-corrected chi connectivity index (χ2v) is 3.53. The van der Waals surface area contributed by atoms with E-state index in [1.54, 1.807) is 12.0 Å². The Balaban J connectivity index is 2.74. The van der Waals surface area contributed by atoms with Crippen LogP contribution in [0.4, 0.5) is 5.69 Å². The third-order valence-corrected chi connectivity index (χ3v) is 2.34. The summed E-state index contributed by atoms with van der Waals surface area (Å²) in [6.07, 6.45) is 0.657. The molecule has 90 valence electrons. The second-order valence-electron chi connectivity index (χ2n) is 3.53. The standard InChI is InChI=1S/C13H16N2O2/c1-17-11-8-13(16)15(10-5-9-14)12-6-3-2-4-7-12/h2-4,6-7H,5,8,10-11H2,1H3. The van der Waals surface area contributed by atoms with E-state index in [4.69, 9.17) is 10.00 Å². The predicted octanol–water partition coefficient (Wildman–Crippen LogP) is 1.97. The normalized spacial score (nSPS) is 9.65. The first-order valence-electron chi connectivity index (χ1n) is 5.51. The van der Waals surface area contributed by atoms with Crippen molar-refractivity contribution in [1.29, 1.82) is 5.26 Å². The Hall–Kier alpha value is -1.86. The largest absolute Gasteiger partial charge is 0.384 e. The minimum Gasteiger partial charge on any atom is -0.384 e. The highest BCUT2D eigenvalue weighted by molar-refractivity contribution is 5.93. The number of nitriles is 1. The number of rotatable bonds is 6. The maximum Gasteiger partial charge on any atom is 0.229 e. The molecule has 0 bridgehead atoms. The number of carbonyl (C=O) groups is 1. The van der Waals surface area contributed by atoms with Crippen molar-refractivity contribution >= 4 is 11.6 Å². The van der Waals surface area contributed by atoms with Gasteiger partial charge in [-0.1, -0.05) is 18.2 Å². The molecule has 0 atom stereocenters. The molecule has 0 heterocycles. The van der Waals surface area contributed by atoms with Crippen LogP contribution in [0.2, 0.25) is 0 Å². The molecule has 0 fully saturated rings. The molecular formula is C13H16N2O2. The number of ether oxygens (including phenoxy) is 1.